The number of amides is 2. The van der Waals surface area contributed by atoms with Gasteiger partial charge in [-0.25, -0.2) is 0 Å². The lowest BCUT2D eigenvalue weighted by Gasteiger charge is -2.17. The van der Waals surface area contributed by atoms with Gasteiger partial charge in [-0.2, -0.15) is 0 Å². The van der Waals surface area contributed by atoms with Crippen molar-refractivity contribution in [3.8, 4) is 0 Å². The number of benzene rings is 3. The summed E-state index contributed by atoms with van der Waals surface area (Å²) in [6, 6.07) is 19.7. The molecule has 0 aliphatic heterocycles. The van der Waals surface area contributed by atoms with Gasteiger partial charge in [0, 0.05) is 11.6 Å². The Morgan fingerprint density at radius 3 is 2.36 bits per heavy atom. The van der Waals surface area contributed by atoms with Gasteiger partial charge < -0.3 is 10.6 Å². The van der Waals surface area contributed by atoms with Crippen LogP contribution in [-0.2, 0) is 0 Å². The van der Waals surface area contributed by atoms with Gasteiger partial charge in [0.25, 0.3) is 17.5 Å². The van der Waals surface area contributed by atoms with Gasteiger partial charge in [0.2, 0.25) is 0 Å². The summed E-state index contributed by atoms with van der Waals surface area (Å²) >= 11 is 11.0. The van der Waals surface area contributed by atoms with Gasteiger partial charge in [0.1, 0.15) is 5.02 Å². The van der Waals surface area contributed by atoms with Crippen molar-refractivity contribution in [3.05, 3.63) is 105 Å². The zero-order valence-electron chi connectivity index (χ0n) is 17.4. The molecule has 168 valence electrons. The molecule has 2 amide bonds. The highest BCUT2D eigenvalue weighted by Crippen LogP contribution is 2.25. The van der Waals surface area contributed by atoms with E-state index in [1.165, 1.54) is 12.1 Å². The number of nitro benzene ring substituents is 1. The molecule has 3 aromatic rings. The Labute approximate surface area is 200 Å². The van der Waals surface area contributed by atoms with Crippen LogP contribution in [0.3, 0.4) is 0 Å². The third-order valence-corrected chi connectivity index (χ3v) is 5.22. The normalized spacial score (nSPS) is 11.2. The van der Waals surface area contributed by atoms with Gasteiger partial charge in [0.15, 0.2) is 5.11 Å². The molecule has 0 aliphatic carbocycles. The molecule has 3 aromatic carbocycles. The standard InChI is InChI=1S/C23H19ClN4O4S/c1-14(15-7-3-2-4-8-15)25-22(30)17-9-5-6-10-19(17)26-23(33)27-21(29)16-11-12-18(24)20(13-16)28(31)32/h2-14H,1H3,(H,25,30)(H2,26,27,29,33). The molecule has 0 saturated carbocycles. The van der Waals surface area contributed by atoms with E-state index in [0.717, 1.165) is 11.6 Å². The van der Waals surface area contributed by atoms with Crippen LogP contribution in [0.4, 0.5) is 11.4 Å². The number of carbonyl (C=O) groups excluding carboxylic acids is 2. The van der Waals surface area contributed by atoms with Gasteiger partial charge in [0.05, 0.1) is 22.2 Å². The predicted molar refractivity (Wildman–Crippen MR) is 131 cm³/mol. The summed E-state index contributed by atoms with van der Waals surface area (Å²) in [5.41, 5.74) is 1.30. The van der Waals surface area contributed by atoms with E-state index in [0.29, 0.717) is 11.3 Å². The van der Waals surface area contributed by atoms with E-state index in [4.69, 9.17) is 23.8 Å². The van der Waals surface area contributed by atoms with E-state index < -0.39 is 16.5 Å². The number of rotatable bonds is 6. The lowest BCUT2D eigenvalue weighted by Crippen LogP contribution is -2.35. The minimum absolute atomic E-state index is 0.0120. The summed E-state index contributed by atoms with van der Waals surface area (Å²) in [6.45, 7) is 1.87. The molecule has 0 aromatic heterocycles. The Bertz CT molecular complexity index is 1220. The first-order chi connectivity index (χ1) is 15.8. The highest BCUT2D eigenvalue weighted by Gasteiger charge is 2.18. The van der Waals surface area contributed by atoms with Gasteiger partial charge in [-0.3, -0.25) is 25.0 Å². The third-order valence-electron chi connectivity index (χ3n) is 4.70. The van der Waals surface area contributed by atoms with Crippen molar-refractivity contribution in [2.45, 2.75) is 13.0 Å². The fourth-order valence-electron chi connectivity index (χ4n) is 3.01. The molecule has 8 nitrogen and oxygen atoms in total. The van der Waals surface area contributed by atoms with Crippen LogP contribution in [0.15, 0.2) is 72.8 Å². The van der Waals surface area contributed by atoms with Crippen molar-refractivity contribution in [2.24, 2.45) is 0 Å². The van der Waals surface area contributed by atoms with Gasteiger partial charge in [-0.05, 0) is 49.0 Å². The summed E-state index contributed by atoms with van der Waals surface area (Å²) in [4.78, 5) is 35.7. The van der Waals surface area contributed by atoms with Gasteiger partial charge >= 0.3 is 0 Å². The first kappa shape index (κ1) is 23.8. The monoisotopic (exact) mass is 482 g/mol. The minimum Gasteiger partial charge on any atom is -0.345 e. The molecule has 0 fully saturated rings. The van der Waals surface area contributed by atoms with Gasteiger partial charge in [-0.15, -0.1) is 0 Å². The molecule has 3 N–H and O–H groups in total. The highest BCUT2D eigenvalue weighted by atomic mass is 35.5. The SMILES string of the molecule is CC(NC(=O)c1ccccc1NC(=S)NC(=O)c1ccc(Cl)c([N+](=O)[O-])c1)c1ccccc1. The molecule has 3 rings (SSSR count). The molecule has 1 atom stereocenters. The van der Waals surface area contributed by atoms with E-state index in [1.54, 1.807) is 24.3 Å². The molecule has 0 bridgehead atoms. The maximum Gasteiger partial charge on any atom is 0.288 e. The number of hydrogen-bond donors (Lipinski definition) is 3. The molecule has 0 spiro atoms. The first-order valence-electron chi connectivity index (χ1n) is 9.77. The molecular weight excluding hydrogens is 464 g/mol. The number of carbonyl (C=O) groups is 2. The zero-order chi connectivity index (χ0) is 24.0. The fraction of sp³-hybridized carbons (Fsp3) is 0.0870. The lowest BCUT2D eigenvalue weighted by molar-refractivity contribution is -0.384. The number of anilines is 1. The Balaban J connectivity index is 1.69. The molecule has 0 aliphatic rings. The molecule has 0 saturated heterocycles. The van der Waals surface area contributed by atoms with Crippen LogP contribution in [0, 0.1) is 10.1 Å². The Hall–Kier alpha value is -3.82. The molecular formula is C23H19ClN4O4S. The van der Waals surface area contributed by atoms with Crippen LogP contribution < -0.4 is 16.0 Å². The van der Waals surface area contributed by atoms with Crippen molar-refractivity contribution < 1.29 is 14.5 Å². The number of para-hydroxylation sites is 1. The average molecular weight is 483 g/mol. The second kappa shape index (κ2) is 10.7. The van der Waals surface area contributed by atoms with Crippen molar-refractivity contribution in [2.75, 3.05) is 5.32 Å². The van der Waals surface area contributed by atoms with E-state index >= 15 is 0 Å². The second-order valence-corrected chi connectivity index (χ2v) is 7.80. The third kappa shape index (κ3) is 6.12. The number of nitro groups is 1. The largest absolute Gasteiger partial charge is 0.345 e. The molecule has 33 heavy (non-hydrogen) atoms. The minimum atomic E-state index is -0.680. The van der Waals surface area contributed by atoms with Crippen LogP contribution >= 0.6 is 23.8 Å². The number of nitrogens with one attached hydrogen (secondary N) is 3. The molecule has 0 heterocycles. The topological polar surface area (TPSA) is 113 Å². The number of nitrogens with zero attached hydrogens (tertiary/aromatic N) is 1. The van der Waals surface area contributed by atoms with Crippen LogP contribution in [0.1, 0.15) is 39.2 Å². The Morgan fingerprint density at radius 2 is 1.67 bits per heavy atom. The first-order valence-corrected chi connectivity index (χ1v) is 10.6. The van der Waals surface area contributed by atoms with Crippen molar-refractivity contribution >= 4 is 52.1 Å². The van der Waals surface area contributed by atoms with Crippen LogP contribution in [0.2, 0.25) is 5.02 Å². The Kier molecular flexibility index (Phi) is 7.70. The van der Waals surface area contributed by atoms with E-state index in [1.807, 2.05) is 37.3 Å². The quantitative estimate of drug-likeness (QED) is 0.262. The smallest absolute Gasteiger partial charge is 0.288 e. The molecule has 0 radical (unpaired) electrons. The van der Waals surface area contributed by atoms with Crippen molar-refractivity contribution in [1.82, 2.24) is 10.6 Å². The summed E-state index contributed by atoms with van der Waals surface area (Å²) in [7, 11) is 0. The maximum absolute atomic E-state index is 12.8. The zero-order valence-corrected chi connectivity index (χ0v) is 18.9. The van der Waals surface area contributed by atoms with Crippen molar-refractivity contribution in [3.63, 3.8) is 0 Å². The highest BCUT2D eigenvalue weighted by molar-refractivity contribution is 7.80. The number of hydrogen-bond acceptors (Lipinski definition) is 5. The summed E-state index contributed by atoms with van der Waals surface area (Å²) in [5, 5.41) is 19.1. The van der Waals surface area contributed by atoms with E-state index in [9.17, 15) is 19.7 Å². The fourth-order valence-corrected chi connectivity index (χ4v) is 3.40. The number of thiocarbonyl (C=S) groups is 1. The van der Waals surface area contributed by atoms with Crippen LogP contribution in [0.25, 0.3) is 0 Å². The number of halogens is 1. The molecule has 1 unspecified atom stereocenters. The summed E-state index contributed by atoms with van der Waals surface area (Å²) in [5.74, 6) is -0.983. The average Bonchev–Trinajstić information content (AvgIpc) is 2.79. The molecule has 10 heteroatoms. The van der Waals surface area contributed by atoms with Gasteiger partial charge in [-0.1, -0.05) is 54.1 Å². The van der Waals surface area contributed by atoms with Crippen LogP contribution in [-0.4, -0.2) is 21.9 Å². The van der Waals surface area contributed by atoms with Crippen LogP contribution in [0.5, 0.6) is 0 Å². The van der Waals surface area contributed by atoms with E-state index in [-0.39, 0.29) is 27.6 Å². The summed E-state index contributed by atoms with van der Waals surface area (Å²) < 4.78 is 0. The van der Waals surface area contributed by atoms with E-state index in [2.05, 4.69) is 16.0 Å². The second-order valence-electron chi connectivity index (χ2n) is 6.98. The lowest BCUT2D eigenvalue weighted by atomic mass is 10.1. The summed E-state index contributed by atoms with van der Waals surface area (Å²) in [6.07, 6.45) is 0. The maximum atomic E-state index is 12.8. The van der Waals surface area contributed by atoms with Crippen molar-refractivity contribution in [1.29, 1.82) is 0 Å². The Morgan fingerprint density at radius 1 is 1.00 bits per heavy atom. The predicted octanol–water partition coefficient (Wildman–Crippen LogP) is 4.87.